The first-order valence-electron chi connectivity index (χ1n) is 7.80. The number of nitrogens with two attached hydrogens (primary N) is 1. The second kappa shape index (κ2) is 6.10. The Bertz CT molecular complexity index is 1130. The third kappa shape index (κ3) is 2.66. The van der Waals surface area contributed by atoms with Crippen LogP contribution in [0, 0.1) is 0 Å². The number of aromatic nitrogens is 1. The molecule has 3 aromatic carbocycles. The van der Waals surface area contributed by atoms with Gasteiger partial charge in [0, 0.05) is 32.9 Å². The van der Waals surface area contributed by atoms with Gasteiger partial charge in [0.05, 0.1) is 11.0 Å². The van der Waals surface area contributed by atoms with Gasteiger partial charge in [-0.05, 0) is 35.9 Å². The van der Waals surface area contributed by atoms with Gasteiger partial charge in [-0.15, -0.1) is 0 Å². The summed E-state index contributed by atoms with van der Waals surface area (Å²) in [5.74, 6) is -0.447. The van der Waals surface area contributed by atoms with Crippen molar-refractivity contribution in [1.29, 1.82) is 0 Å². The zero-order valence-corrected chi connectivity index (χ0v) is 14.7. The monoisotopic (exact) mass is 368 g/mol. The van der Waals surface area contributed by atoms with Crippen molar-refractivity contribution < 1.29 is 4.79 Å². The number of nitrogens with zero attached hydrogens (tertiary/aromatic N) is 1. The third-order valence-corrected chi connectivity index (χ3v) is 5.01. The molecule has 25 heavy (non-hydrogen) atoms. The lowest BCUT2D eigenvalue weighted by Crippen LogP contribution is -2.11. The molecule has 1 aromatic heterocycles. The predicted molar refractivity (Wildman–Crippen MR) is 104 cm³/mol. The van der Waals surface area contributed by atoms with Gasteiger partial charge in [0.15, 0.2) is 0 Å². The highest BCUT2D eigenvalue weighted by molar-refractivity contribution is 6.32. The second-order valence-electron chi connectivity index (χ2n) is 5.90. The van der Waals surface area contributed by atoms with Crippen molar-refractivity contribution in [3.63, 3.8) is 0 Å². The fraction of sp³-hybridized carbons (Fsp3) is 0.0500. The molecule has 0 saturated heterocycles. The van der Waals surface area contributed by atoms with E-state index in [1.165, 1.54) is 0 Å². The van der Waals surface area contributed by atoms with Crippen LogP contribution in [0.15, 0.2) is 60.7 Å². The van der Waals surface area contributed by atoms with Crippen LogP contribution in [0.2, 0.25) is 10.0 Å². The summed E-state index contributed by atoms with van der Waals surface area (Å²) in [7, 11) is 0. The molecule has 124 valence electrons. The lowest BCUT2D eigenvalue weighted by Gasteiger charge is -2.09. The molecule has 2 N–H and O–H groups in total. The van der Waals surface area contributed by atoms with E-state index < -0.39 is 5.91 Å². The Balaban J connectivity index is 2.08. The van der Waals surface area contributed by atoms with Crippen molar-refractivity contribution in [2.24, 2.45) is 5.73 Å². The Kier molecular flexibility index (Phi) is 3.91. The van der Waals surface area contributed by atoms with Crippen molar-refractivity contribution >= 4 is 50.9 Å². The standard InChI is InChI=1S/C20H14Cl2N2O/c21-13-8-9-14-18(10-13)24(11-12-4-1-2-6-16(12)22)17-7-3-5-15(19(14)17)20(23)25/h1-10H,11H2,(H2,23,25). The van der Waals surface area contributed by atoms with Gasteiger partial charge in [-0.25, -0.2) is 0 Å². The van der Waals surface area contributed by atoms with Gasteiger partial charge in [0.25, 0.3) is 0 Å². The normalized spacial score (nSPS) is 11.3. The van der Waals surface area contributed by atoms with E-state index in [1.807, 2.05) is 54.6 Å². The summed E-state index contributed by atoms with van der Waals surface area (Å²) in [6, 6.07) is 18.9. The highest BCUT2D eigenvalue weighted by Gasteiger charge is 2.17. The molecule has 4 rings (SSSR count). The highest BCUT2D eigenvalue weighted by Crippen LogP contribution is 2.34. The minimum atomic E-state index is -0.447. The van der Waals surface area contributed by atoms with Crippen molar-refractivity contribution in [3.8, 4) is 0 Å². The van der Waals surface area contributed by atoms with Gasteiger partial charge < -0.3 is 10.3 Å². The van der Waals surface area contributed by atoms with Crippen molar-refractivity contribution in [3.05, 3.63) is 81.8 Å². The van der Waals surface area contributed by atoms with Gasteiger partial charge in [0.2, 0.25) is 5.91 Å². The molecule has 1 amide bonds. The van der Waals surface area contributed by atoms with E-state index >= 15 is 0 Å². The fourth-order valence-corrected chi connectivity index (χ4v) is 3.65. The van der Waals surface area contributed by atoms with Gasteiger partial charge >= 0.3 is 0 Å². The smallest absolute Gasteiger partial charge is 0.249 e. The lowest BCUT2D eigenvalue weighted by atomic mass is 10.1. The maximum absolute atomic E-state index is 11.9. The molecule has 1 heterocycles. The number of rotatable bonds is 3. The molecule has 0 unspecified atom stereocenters. The first-order valence-corrected chi connectivity index (χ1v) is 8.55. The zero-order chi connectivity index (χ0) is 17.6. The van der Waals surface area contributed by atoms with Crippen LogP contribution in [0.4, 0.5) is 0 Å². The second-order valence-corrected chi connectivity index (χ2v) is 6.75. The first kappa shape index (κ1) is 16.0. The third-order valence-electron chi connectivity index (χ3n) is 4.40. The van der Waals surface area contributed by atoms with Crippen LogP contribution in [-0.2, 0) is 6.54 Å². The van der Waals surface area contributed by atoms with Gasteiger partial charge in [-0.1, -0.05) is 53.5 Å². The van der Waals surface area contributed by atoms with Gasteiger partial charge in [-0.3, -0.25) is 4.79 Å². The van der Waals surface area contributed by atoms with Crippen LogP contribution in [0.5, 0.6) is 0 Å². The molecule has 4 aromatic rings. The average Bonchev–Trinajstić information content (AvgIpc) is 2.90. The molecule has 0 fully saturated rings. The summed E-state index contributed by atoms with van der Waals surface area (Å²) in [5.41, 5.74) is 8.95. The minimum absolute atomic E-state index is 0.447. The molecule has 0 atom stereocenters. The maximum atomic E-state index is 11.9. The molecule has 0 radical (unpaired) electrons. The maximum Gasteiger partial charge on any atom is 0.249 e. The molecule has 0 aliphatic rings. The van der Waals surface area contributed by atoms with Gasteiger partial charge in [0.1, 0.15) is 0 Å². The SMILES string of the molecule is NC(=O)c1cccc2c1c1ccc(Cl)cc1n2Cc1ccccc1Cl. The Hall–Kier alpha value is -2.49. The summed E-state index contributed by atoms with van der Waals surface area (Å²) in [5, 5.41) is 3.12. The zero-order valence-electron chi connectivity index (χ0n) is 13.2. The average molecular weight is 369 g/mol. The Morgan fingerprint density at radius 3 is 2.52 bits per heavy atom. The van der Waals surface area contributed by atoms with E-state index in [0.717, 1.165) is 27.4 Å². The van der Waals surface area contributed by atoms with Crippen LogP contribution >= 0.6 is 23.2 Å². The number of carbonyl (C=O) groups excluding carboxylic acids is 1. The molecule has 3 nitrogen and oxygen atoms in total. The van der Waals surface area contributed by atoms with E-state index in [4.69, 9.17) is 28.9 Å². The Morgan fingerprint density at radius 1 is 0.960 bits per heavy atom. The number of benzene rings is 3. The molecule has 0 aliphatic heterocycles. The first-order chi connectivity index (χ1) is 12.1. The Labute approximate surface area is 154 Å². The molecule has 0 aliphatic carbocycles. The van der Waals surface area contributed by atoms with Crippen LogP contribution < -0.4 is 5.73 Å². The fourth-order valence-electron chi connectivity index (χ4n) is 3.29. The van der Waals surface area contributed by atoms with Crippen molar-refractivity contribution in [2.45, 2.75) is 6.54 Å². The summed E-state index contributed by atoms with van der Waals surface area (Å²) in [6.07, 6.45) is 0. The minimum Gasteiger partial charge on any atom is -0.366 e. The highest BCUT2D eigenvalue weighted by atomic mass is 35.5. The van der Waals surface area contributed by atoms with Crippen molar-refractivity contribution in [1.82, 2.24) is 4.57 Å². The number of fused-ring (bicyclic) bond motifs is 3. The van der Waals surface area contributed by atoms with Crippen LogP contribution in [0.3, 0.4) is 0 Å². The van der Waals surface area contributed by atoms with Crippen molar-refractivity contribution in [2.75, 3.05) is 0 Å². The van der Waals surface area contributed by atoms with Crippen LogP contribution in [0.25, 0.3) is 21.8 Å². The summed E-state index contributed by atoms with van der Waals surface area (Å²) < 4.78 is 2.12. The van der Waals surface area contributed by atoms with E-state index in [1.54, 1.807) is 6.07 Å². The number of primary amides is 1. The van der Waals surface area contributed by atoms with Gasteiger partial charge in [-0.2, -0.15) is 0 Å². The number of carbonyl (C=O) groups is 1. The quantitative estimate of drug-likeness (QED) is 0.527. The van der Waals surface area contributed by atoms with Crippen LogP contribution in [0.1, 0.15) is 15.9 Å². The summed E-state index contributed by atoms with van der Waals surface area (Å²) in [6.45, 7) is 0.572. The van der Waals surface area contributed by atoms with E-state index in [0.29, 0.717) is 22.2 Å². The van der Waals surface area contributed by atoms with Crippen LogP contribution in [-0.4, -0.2) is 10.5 Å². The van der Waals surface area contributed by atoms with E-state index in [-0.39, 0.29) is 0 Å². The largest absolute Gasteiger partial charge is 0.366 e. The predicted octanol–water partition coefficient (Wildman–Crippen LogP) is 5.25. The van der Waals surface area contributed by atoms with E-state index in [9.17, 15) is 4.79 Å². The molecular formula is C20H14Cl2N2O. The molecule has 0 bridgehead atoms. The Morgan fingerprint density at radius 2 is 1.76 bits per heavy atom. The summed E-state index contributed by atoms with van der Waals surface area (Å²) >= 11 is 12.6. The van der Waals surface area contributed by atoms with E-state index in [2.05, 4.69) is 4.57 Å². The lowest BCUT2D eigenvalue weighted by molar-refractivity contribution is 0.100. The number of halogens is 2. The molecule has 0 saturated carbocycles. The number of hydrogen-bond donors (Lipinski definition) is 1. The number of amides is 1. The molecule has 5 heteroatoms. The topological polar surface area (TPSA) is 48.0 Å². The molecular weight excluding hydrogens is 355 g/mol. The summed E-state index contributed by atoms with van der Waals surface area (Å²) in [4.78, 5) is 11.9. The number of hydrogen-bond acceptors (Lipinski definition) is 1. The molecule has 0 spiro atoms.